The lowest BCUT2D eigenvalue weighted by molar-refractivity contribution is -0.205. The van der Waals surface area contributed by atoms with Gasteiger partial charge < -0.3 is 19.5 Å². The predicted molar refractivity (Wildman–Crippen MR) is 203 cm³/mol. The van der Waals surface area contributed by atoms with Crippen molar-refractivity contribution in [1.29, 1.82) is 0 Å². The predicted octanol–water partition coefficient (Wildman–Crippen LogP) is 7.70. The van der Waals surface area contributed by atoms with Gasteiger partial charge in [0.2, 0.25) is 5.91 Å². The molecule has 0 unspecified atom stereocenters. The van der Waals surface area contributed by atoms with E-state index >= 15 is 0 Å². The van der Waals surface area contributed by atoms with E-state index in [2.05, 4.69) is 19.4 Å². The second kappa shape index (κ2) is 20.5. The SMILES string of the molecule is CN(CC1=NN(CC2(C(F)(F)F)CC2)C(=O)C1)C(=O)OC(C)(C)C.COC(=O)C1(C(F)(F)F)CC1.CS(=O)(=O)OCC1(C(F)(F)F)CC1.NNCC1(C(F)(F)F)CC1.OCC1(C(F)(F)F)CC1. The summed E-state index contributed by atoms with van der Waals surface area (Å²) in [4.78, 5) is 35.6. The molecule has 0 atom stereocenters. The molecule has 4 N–H and O–H groups in total. The third-order valence-corrected chi connectivity index (χ3v) is 12.0. The molecule has 1 aliphatic heterocycles. The summed E-state index contributed by atoms with van der Waals surface area (Å²) >= 11 is 0. The molecule has 2 amide bonds. The van der Waals surface area contributed by atoms with Crippen LogP contribution in [-0.2, 0) is 33.4 Å². The molecular weight excluding hydrogens is 975 g/mol. The van der Waals surface area contributed by atoms with Crippen LogP contribution in [-0.4, -0.2) is 137 Å². The van der Waals surface area contributed by atoms with Crippen LogP contribution < -0.4 is 11.3 Å². The number of nitrogens with zero attached hydrogens (tertiary/aromatic N) is 3. The summed E-state index contributed by atoms with van der Waals surface area (Å²) in [6.07, 6.45) is -21.1. The zero-order valence-corrected chi connectivity index (χ0v) is 37.8. The average molecular weight is 1030 g/mol. The molecule has 6 aliphatic rings. The van der Waals surface area contributed by atoms with Crippen molar-refractivity contribution >= 4 is 33.8 Å². The first kappa shape index (κ1) is 59.7. The Balaban J connectivity index is 0.000000306. The fourth-order valence-electron chi connectivity index (χ4n) is 5.78. The number of hydrazine groups is 1. The highest BCUT2D eigenvalue weighted by molar-refractivity contribution is 7.85. The molecule has 0 saturated heterocycles. The molecular formula is C37H54F15N5O9S. The van der Waals surface area contributed by atoms with Gasteiger partial charge in [0.1, 0.15) is 5.60 Å². The van der Waals surface area contributed by atoms with Gasteiger partial charge in [-0.05, 0) is 85.0 Å². The van der Waals surface area contributed by atoms with Crippen LogP contribution in [0, 0.1) is 27.1 Å². The standard InChI is InChI=1S/C15H22F3N3O3.C6H9F3O3S.C6H7F3O2.C5H9F3N2.C5H7F3O/c1-13(2,3)24-12(23)20(4)8-10-7-11(22)21(19-10)9-14(5-6-14)15(16,17)18;1-13(10,11)12-4-5(2-3-5)6(7,8)9;1-11-4(10)5(2-3-5)6(7,8)9;6-5(7,8)4(1-2-4)3-10-9;6-5(7,8)4(3-9)1-2-4/h5-9H2,1-4H3;2-4H2,1H3;2-3H2,1H3;10H,1-3,9H2;9H,1-3H2. The van der Waals surface area contributed by atoms with Crippen molar-refractivity contribution < 1.29 is 107 Å². The van der Waals surface area contributed by atoms with Crippen molar-refractivity contribution in [3.8, 4) is 0 Å². The number of halogens is 15. The third-order valence-electron chi connectivity index (χ3n) is 11.5. The fraction of sp³-hybridized carbons (Fsp3) is 0.892. The van der Waals surface area contributed by atoms with Crippen LogP contribution in [0.25, 0.3) is 0 Å². The number of ether oxygens (including phenoxy) is 2. The number of rotatable bonds is 11. The zero-order valence-electron chi connectivity index (χ0n) is 37.0. The first-order valence-electron chi connectivity index (χ1n) is 20.1. The number of esters is 1. The van der Waals surface area contributed by atoms with E-state index in [9.17, 15) is 88.7 Å². The summed E-state index contributed by atoms with van der Waals surface area (Å²) in [5.74, 6) is 3.17. The molecule has 30 heteroatoms. The van der Waals surface area contributed by atoms with Crippen molar-refractivity contribution in [3.05, 3.63) is 0 Å². The Kier molecular flexibility index (Phi) is 18.3. The number of methoxy groups -OCH3 is 1. The van der Waals surface area contributed by atoms with Crippen molar-refractivity contribution in [2.24, 2.45) is 38.0 Å². The molecule has 0 aromatic rings. The molecule has 5 saturated carbocycles. The number of hydrogen-bond acceptors (Lipinski definition) is 12. The fourth-order valence-corrected chi connectivity index (χ4v) is 6.22. The summed E-state index contributed by atoms with van der Waals surface area (Å²) in [6, 6.07) is 0. The second-order valence-corrected chi connectivity index (χ2v) is 20.0. The second-order valence-electron chi connectivity index (χ2n) is 18.3. The van der Waals surface area contributed by atoms with E-state index in [-0.39, 0.29) is 83.7 Å². The third kappa shape index (κ3) is 16.4. The number of hydrazone groups is 1. The number of alkyl halides is 15. The molecule has 0 aromatic carbocycles. The summed E-state index contributed by atoms with van der Waals surface area (Å²) in [5, 5.41) is 13.1. The Morgan fingerprint density at radius 3 is 1.40 bits per heavy atom. The van der Waals surface area contributed by atoms with Gasteiger partial charge in [0, 0.05) is 13.6 Å². The van der Waals surface area contributed by atoms with Gasteiger partial charge in [-0.25, -0.2) is 9.80 Å². The number of nitrogens with one attached hydrogen (secondary N) is 1. The summed E-state index contributed by atoms with van der Waals surface area (Å²) in [6.45, 7) is 3.07. The van der Waals surface area contributed by atoms with Gasteiger partial charge in [-0.2, -0.15) is 79.4 Å². The van der Waals surface area contributed by atoms with E-state index < -0.39 is 111 Å². The molecule has 0 radical (unpaired) electrons. The minimum absolute atomic E-state index is 0.0168. The molecule has 6 rings (SSSR count). The van der Waals surface area contributed by atoms with E-state index in [1.807, 2.05) is 0 Å². The highest BCUT2D eigenvalue weighted by atomic mass is 32.2. The Morgan fingerprint density at radius 2 is 1.16 bits per heavy atom. The largest absolute Gasteiger partial charge is 0.468 e. The summed E-state index contributed by atoms with van der Waals surface area (Å²) < 4.78 is 217. The maximum atomic E-state index is 13.0. The van der Waals surface area contributed by atoms with Crippen LogP contribution in [0.5, 0.6) is 0 Å². The number of amides is 2. The maximum Gasteiger partial charge on any atom is 0.410 e. The molecule has 5 aliphatic carbocycles. The molecule has 392 valence electrons. The Labute approximate surface area is 375 Å². The van der Waals surface area contributed by atoms with E-state index in [1.165, 1.54) is 11.9 Å². The lowest BCUT2D eigenvalue weighted by Gasteiger charge is -2.24. The first-order chi connectivity index (χ1) is 30.0. The number of nitrogens with two attached hydrogens (primary N) is 1. The lowest BCUT2D eigenvalue weighted by Crippen LogP contribution is -2.38. The van der Waals surface area contributed by atoms with Crippen molar-refractivity contribution in [3.63, 3.8) is 0 Å². The van der Waals surface area contributed by atoms with Crippen molar-refractivity contribution in [2.75, 3.05) is 53.3 Å². The van der Waals surface area contributed by atoms with Gasteiger partial charge in [0.05, 0.1) is 73.5 Å². The normalized spacial score (nSPS) is 21.4. The van der Waals surface area contributed by atoms with E-state index in [0.29, 0.717) is 5.71 Å². The molecule has 0 bridgehead atoms. The zero-order chi connectivity index (χ0) is 52.3. The highest BCUT2D eigenvalue weighted by Gasteiger charge is 2.70. The average Bonchev–Trinajstić information content (AvgIpc) is 3.96. The highest BCUT2D eigenvalue weighted by Crippen LogP contribution is 2.60. The number of carbonyl (C=O) groups excluding carboxylic acids is 3. The number of carbonyl (C=O) groups is 3. The minimum atomic E-state index is -4.44. The maximum absolute atomic E-state index is 13.0. The Hall–Kier alpha value is -3.38. The minimum Gasteiger partial charge on any atom is -0.468 e. The van der Waals surface area contributed by atoms with Crippen LogP contribution in [0.4, 0.5) is 70.7 Å². The Morgan fingerprint density at radius 1 is 0.746 bits per heavy atom. The van der Waals surface area contributed by atoms with E-state index in [0.717, 1.165) is 18.4 Å². The van der Waals surface area contributed by atoms with E-state index in [1.54, 1.807) is 20.8 Å². The monoisotopic (exact) mass is 1030 g/mol. The number of hydrogen-bond donors (Lipinski definition) is 3. The lowest BCUT2D eigenvalue weighted by atomic mass is 10.1. The first-order valence-corrected chi connectivity index (χ1v) is 21.9. The summed E-state index contributed by atoms with van der Waals surface area (Å²) in [5.41, 5.74) is -7.35. The van der Waals surface area contributed by atoms with Crippen LogP contribution in [0.3, 0.4) is 0 Å². The van der Waals surface area contributed by atoms with Gasteiger partial charge in [-0.3, -0.25) is 25.0 Å². The molecule has 14 nitrogen and oxygen atoms in total. The smallest absolute Gasteiger partial charge is 0.410 e. The van der Waals surface area contributed by atoms with Gasteiger partial charge in [-0.1, -0.05) is 0 Å². The van der Waals surface area contributed by atoms with Crippen LogP contribution in [0.2, 0.25) is 0 Å². The number of aliphatic hydroxyl groups is 1. The molecule has 1 heterocycles. The van der Waals surface area contributed by atoms with Gasteiger partial charge in [-0.15, -0.1) is 0 Å². The van der Waals surface area contributed by atoms with Gasteiger partial charge in [0.15, 0.2) is 5.41 Å². The molecule has 5 fully saturated rings. The Bertz CT molecular complexity index is 1860. The van der Waals surface area contributed by atoms with Gasteiger partial charge in [0.25, 0.3) is 10.1 Å². The molecule has 0 aromatic heterocycles. The molecule has 0 spiro atoms. The van der Waals surface area contributed by atoms with Gasteiger partial charge >= 0.3 is 42.9 Å². The van der Waals surface area contributed by atoms with Crippen LogP contribution in [0.15, 0.2) is 5.10 Å². The number of aliphatic hydroxyl groups excluding tert-OH is 1. The topological polar surface area (TPSA) is 190 Å². The van der Waals surface area contributed by atoms with Crippen LogP contribution in [0.1, 0.15) is 91.4 Å². The summed E-state index contributed by atoms with van der Waals surface area (Å²) in [7, 11) is -1.32. The van der Waals surface area contributed by atoms with E-state index in [4.69, 9.17) is 15.7 Å². The van der Waals surface area contributed by atoms with Crippen LogP contribution >= 0.6 is 0 Å². The van der Waals surface area contributed by atoms with Crippen molar-refractivity contribution in [1.82, 2.24) is 15.3 Å². The van der Waals surface area contributed by atoms with Crippen molar-refractivity contribution in [2.45, 2.75) is 128 Å². The molecule has 67 heavy (non-hydrogen) atoms. The quantitative estimate of drug-likeness (QED) is 0.0605.